The van der Waals surface area contributed by atoms with E-state index in [0.29, 0.717) is 19.5 Å². The van der Waals surface area contributed by atoms with Gasteiger partial charge in [0.15, 0.2) is 0 Å². The fourth-order valence-corrected chi connectivity index (χ4v) is 2.17. The minimum absolute atomic E-state index is 0.0188. The lowest BCUT2D eigenvalue weighted by atomic mass is 10.2. The molecule has 0 aromatic heterocycles. The third-order valence-electron chi connectivity index (χ3n) is 3.21. The van der Waals surface area contributed by atoms with Crippen LogP contribution in [-0.2, 0) is 4.79 Å². The molecule has 1 heterocycles. The minimum Gasteiger partial charge on any atom is -0.507 e. The molecule has 0 saturated carbocycles. The van der Waals surface area contributed by atoms with Crippen molar-refractivity contribution in [2.45, 2.75) is 19.3 Å². The maximum absolute atomic E-state index is 11.8. The number of phenols is 1. The zero-order valence-corrected chi connectivity index (χ0v) is 10.8. The number of amides is 2. The molecule has 19 heavy (non-hydrogen) atoms. The van der Waals surface area contributed by atoms with Gasteiger partial charge in [0, 0.05) is 26.1 Å². The molecule has 0 bridgehead atoms. The van der Waals surface area contributed by atoms with Gasteiger partial charge >= 0.3 is 0 Å². The van der Waals surface area contributed by atoms with Crippen molar-refractivity contribution in [3.8, 4) is 5.75 Å². The molecule has 0 atom stereocenters. The molecule has 1 fully saturated rings. The quantitative estimate of drug-likeness (QED) is 0.782. The van der Waals surface area contributed by atoms with Crippen molar-refractivity contribution in [1.82, 2.24) is 10.2 Å². The molecule has 1 aliphatic heterocycles. The van der Waals surface area contributed by atoms with Gasteiger partial charge in [-0.15, -0.1) is 0 Å². The smallest absolute Gasteiger partial charge is 0.255 e. The van der Waals surface area contributed by atoms with Gasteiger partial charge in [0.1, 0.15) is 5.75 Å². The monoisotopic (exact) mass is 262 g/mol. The van der Waals surface area contributed by atoms with E-state index in [-0.39, 0.29) is 23.1 Å². The van der Waals surface area contributed by atoms with E-state index in [1.807, 2.05) is 4.90 Å². The van der Waals surface area contributed by atoms with Gasteiger partial charge in [-0.25, -0.2) is 0 Å². The van der Waals surface area contributed by atoms with Crippen LogP contribution < -0.4 is 5.32 Å². The molecule has 2 rings (SSSR count). The third-order valence-corrected chi connectivity index (χ3v) is 3.21. The summed E-state index contributed by atoms with van der Waals surface area (Å²) < 4.78 is 0. The van der Waals surface area contributed by atoms with E-state index in [1.54, 1.807) is 18.2 Å². The van der Waals surface area contributed by atoms with Crippen LogP contribution in [0.2, 0.25) is 0 Å². The van der Waals surface area contributed by atoms with Crippen LogP contribution in [0.5, 0.6) is 5.75 Å². The van der Waals surface area contributed by atoms with Crippen LogP contribution in [0.3, 0.4) is 0 Å². The molecule has 0 spiro atoms. The van der Waals surface area contributed by atoms with E-state index in [4.69, 9.17) is 0 Å². The number of hydrogen-bond donors (Lipinski definition) is 2. The molecule has 2 amide bonds. The highest BCUT2D eigenvalue weighted by Gasteiger charge is 2.19. The minimum atomic E-state index is -0.286. The molecule has 0 radical (unpaired) electrons. The molecule has 1 aromatic carbocycles. The standard InChI is InChI=1S/C14H18N2O3/c17-12-6-2-1-5-11(12)14(19)15-8-4-10-16-9-3-7-13(16)18/h1-2,5-6,17H,3-4,7-10H2,(H,15,19). The summed E-state index contributed by atoms with van der Waals surface area (Å²) in [6.45, 7) is 2.00. The van der Waals surface area contributed by atoms with Crippen molar-refractivity contribution in [3.63, 3.8) is 0 Å². The van der Waals surface area contributed by atoms with Gasteiger partial charge in [-0.3, -0.25) is 9.59 Å². The van der Waals surface area contributed by atoms with Crippen LogP contribution in [0.1, 0.15) is 29.6 Å². The number of aromatic hydroxyl groups is 1. The lowest BCUT2D eigenvalue weighted by Crippen LogP contribution is -2.30. The summed E-state index contributed by atoms with van der Waals surface area (Å²) in [5, 5.41) is 12.3. The van der Waals surface area contributed by atoms with Crippen LogP contribution in [0.4, 0.5) is 0 Å². The lowest BCUT2D eigenvalue weighted by molar-refractivity contribution is -0.127. The first-order valence-corrected chi connectivity index (χ1v) is 6.52. The second kappa shape index (κ2) is 6.22. The van der Waals surface area contributed by atoms with Crippen LogP contribution in [-0.4, -0.2) is 41.5 Å². The van der Waals surface area contributed by atoms with Crippen molar-refractivity contribution < 1.29 is 14.7 Å². The number of nitrogens with one attached hydrogen (secondary N) is 1. The van der Waals surface area contributed by atoms with Gasteiger partial charge in [0.25, 0.3) is 5.91 Å². The third kappa shape index (κ3) is 3.47. The van der Waals surface area contributed by atoms with Crippen molar-refractivity contribution in [2.75, 3.05) is 19.6 Å². The lowest BCUT2D eigenvalue weighted by Gasteiger charge is -2.15. The first-order valence-electron chi connectivity index (χ1n) is 6.52. The Balaban J connectivity index is 1.72. The first kappa shape index (κ1) is 13.4. The Bertz CT molecular complexity index is 474. The Morgan fingerprint density at radius 2 is 2.16 bits per heavy atom. The number of phenolic OH excluding ortho intramolecular Hbond substituents is 1. The zero-order chi connectivity index (χ0) is 13.7. The number of hydrogen-bond acceptors (Lipinski definition) is 3. The van der Waals surface area contributed by atoms with Gasteiger partial charge in [0.05, 0.1) is 5.56 Å². The van der Waals surface area contributed by atoms with Crippen LogP contribution in [0.15, 0.2) is 24.3 Å². The maximum atomic E-state index is 11.8. The topological polar surface area (TPSA) is 69.6 Å². The summed E-state index contributed by atoms with van der Waals surface area (Å²) in [7, 11) is 0. The largest absolute Gasteiger partial charge is 0.507 e. The molecule has 1 aromatic rings. The van der Waals surface area contributed by atoms with Crippen LogP contribution >= 0.6 is 0 Å². The molecule has 0 unspecified atom stereocenters. The molecule has 102 valence electrons. The Hall–Kier alpha value is -2.04. The van der Waals surface area contributed by atoms with Crippen molar-refractivity contribution >= 4 is 11.8 Å². The summed E-state index contributed by atoms with van der Waals surface area (Å²) in [5.74, 6) is -0.104. The number of carbonyl (C=O) groups is 2. The van der Waals surface area contributed by atoms with Crippen molar-refractivity contribution in [3.05, 3.63) is 29.8 Å². The van der Waals surface area contributed by atoms with E-state index >= 15 is 0 Å². The SMILES string of the molecule is O=C(NCCCN1CCCC1=O)c1ccccc1O. The predicted molar refractivity (Wildman–Crippen MR) is 70.9 cm³/mol. The second-order valence-electron chi connectivity index (χ2n) is 4.61. The Morgan fingerprint density at radius 1 is 1.37 bits per heavy atom. The van der Waals surface area contributed by atoms with Gasteiger partial charge in [-0.2, -0.15) is 0 Å². The van der Waals surface area contributed by atoms with E-state index in [0.717, 1.165) is 19.4 Å². The predicted octanol–water partition coefficient (Wildman–Crippen LogP) is 1.13. The molecule has 0 aliphatic carbocycles. The van der Waals surface area contributed by atoms with Gasteiger partial charge < -0.3 is 15.3 Å². The van der Waals surface area contributed by atoms with Crippen LogP contribution in [0.25, 0.3) is 0 Å². The number of benzene rings is 1. The second-order valence-corrected chi connectivity index (χ2v) is 4.61. The average Bonchev–Trinajstić information content (AvgIpc) is 2.80. The highest BCUT2D eigenvalue weighted by molar-refractivity contribution is 5.96. The van der Waals surface area contributed by atoms with Gasteiger partial charge in [-0.1, -0.05) is 12.1 Å². The Kier molecular flexibility index (Phi) is 4.39. The first-order chi connectivity index (χ1) is 9.18. The summed E-state index contributed by atoms with van der Waals surface area (Å²) in [4.78, 5) is 25.0. The Labute approximate surface area is 112 Å². The molecular formula is C14H18N2O3. The number of likely N-dealkylation sites (tertiary alicyclic amines) is 1. The Morgan fingerprint density at radius 3 is 2.84 bits per heavy atom. The maximum Gasteiger partial charge on any atom is 0.255 e. The van der Waals surface area contributed by atoms with Crippen LogP contribution in [0, 0.1) is 0 Å². The fraction of sp³-hybridized carbons (Fsp3) is 0.429. The van der Waals surface area contributed by atoms with E-state index in [9.17, 15) is 14.7 Å². The molecule has 1 saturated heterocycles. The average molecular weight is 262 g/mol. The van der Waals surface area contributed by atoms with Crippen molar-refractivity contribution in [2.24, 2.45) is 0 Å². The molecule has 5 nitrogen and oxygen atoms in total. The molecule has 1 aliphatic rings. The molecule has 5 heteroatoms. The van der Waals surface area contributed by atoms with Gasteiger partial charge in [-0.05, 0) is 25.0 Å². The summed E-state index contributed by atoms with van der Waals surface area (Å²) >= 11 is 0. The summed E-state index contributed by atoms with van der Waals surface area (Å²) in [6.07, 6.45) is 2.30. The number of carbonyl (C=O) groups excluding carboxylic acids is 2. The number of para-hydroxylation sites is 1. The highest BCUT2D eigenvalue weighted by atomic mass is 16.3. The summed E-state index contributed by atoms with van der Waals surface area (Å²) in [5.41, 5.74) is 0.278. The fourth-order valence-electron chi connectivity index (χ4n) is 2.17. The van der Waals surface area contributed by atoms with Gasteiger partial charge in [0.2, 0.25) is 5.91 Å². The molecular weight excluding hydrogens is 244 g/mol. The number of rotatable bonds is 5. The van der Waals surface area contributed by atoms with E-state index in [2.05, 4.69) is 5.32 Å². The number of nitrogens with zero attached hydrogens (tertiary/aromatic N) is 1. The summed E-state index contributed by atoms with van der Waals surface area (Å²) in [6, 6.07) is 6.44. The highest BCUT2D eigenvalue weighted by Crippen LogP contribution is 2.15. The van der Waals surface area contributed by atoms with E-state index < -0.39 is 0 Å². The molecule has 2 N–H and O–H groups in total. The zero-order valence-electron chi connectivity index (χ0n) is 10.8. The normalized spacial score (nSPS) is 14.7. The van der Waals surface area contributed by atoms with Crippen molar-refractivity contribution in [1.29, 1.82) is 0 Å². The van der Waals surface area contributed by atoms with E-state index in [1.165, 1.54) is 6.07 Å².